The van der Waals surface area contributed by atoms with Crippen molar-refractivity contribution in [1.82, 2.24) is 0 Å². The lowest BCUT2D eigenvalue weighted by atomic mass is 10.2. The molecule has 0 saturated heterocycles. The molecular weight excluding hydrogens is 172 g/mol. The zero-order chi connectivity index (χ0) is 9.80. The molecule has 1 aliphatic carbocycles. The predicted octanol–water partition coefficient (Wildman–Crippen LogP) is 3.34. The van der Waals surface area contributed by atoms with Crippen LogP contribution >= 0.6 is 0 Å². The molecule has 0 saturated carbocycles. The molecule has 0 bridgehead atoms. The summed E-state index contributed by atoms with van der Waals surface area (Å²) in [7, 11) is 0. The largest absolute Gasteiger partial charge is 0.486 e. The van der Waals surface area contributed by atoms with Crippen LogP contribution in [0.2, 0.25) is 0 Å². The van der Waals surface area contributed by atoms with Crippen LogP contribution in [0.1, 0.15) is 13.3 Å². The Kier molecular flexibility index (Phi) is 2.68. The topological polar surface area (TPSA) is 9.23 Å². The number of ether oxygens (including phenoxy) is 1. The van der Waals surface area contributed by atoms with Crippen LogP contribution in [0, 0.1) is 0 Å². The van der Waals surface area contributed by atoms with Gasteiger partial charge in [0.25, 0.3) is 0 Å². The van der Waals surface area contributed by atoms with Crippen molar-refractivity contribution in [2.24, 2.45) is 0 Å². The highest BCUT2D eigenvalue weighted by Gasteiger charge is 2.09. The summed E-state index contributed by atoms with van der Waals surface area (Å²) in [5, 5.41) is 0. The van der Waals surface area contributed by atoms with Crippen molar-refractivity contribution in [3.63, 3.8) is 0 Å². The van der Waals surface area contributed by atoms with Gasteiger partial charge in [0, 0.05) is 0 Å². The van der Waals surface area contributed by atoms with E-state index in [4.69, 9.17) is 4.74 Å². The van der Waals surface area contributed by atoms with Gasteiger partial charge in [-0.15, -0.1) is 0 Å². The molecule has 0 spiro atoms. The minimum Gasteiger partial charge on any atom is -0.486 e. The lowest BCUT2D eigenvalue weighted by molar-refractivity contribution is 0.261. The van der Waals surface area contributed by atoms with Crippen molar-refractivity contribution in [3.05, 3.63) is 54.1 Å². The van der Waals surface area contributed by atoms with Crippen LogP contribution in [-0.4, -0.2) is 6.10 Å². The van der Waals surface area contributed by atoms with E-state index in [9.17, 15) is 0 Å². The highest BCUT2D eigenvalue weighted by atomic mass is 16.5. The summed E-state index contributed by atoms with van der Waals surface area (Å²) in [4.78, 5) is 0. The monoisotopic (exact) mass is 186 g/mol. The zero-order valence-electron chi connectivity index (χ0n) is 8.31. The Balaban J connectivity index is 2.01. The number of para-hydroxylation sites is 1. The first-order valence-corrected chi connectivity index (χ1v) is 4.94. The quantitative estimate of drug-likeness (QED) is 0.703. The molecule has 0 aliphatic heterocycles. The van der Waals surface area contributed by atoms with E-state index in [1.165, 1.54) is 5.57 Å². The van der Waals surface area contributed by atoms with Crippen LogP contribution in [0.15, 0.2) is 54.1 Å². The van der Waals surface area contributed by atoms with Gasteiger partial charge in [0.05, 0.1) is 0 Å². The number of rotatable bonds is 3. The van der Waals surface area contributed by atoms with Gasteiger partial charge in [-0.05, 0) is 31.1 Å². The molecular formula is C13H14O. The third kappa shape index (κ3) is 2.05. The summed E-state index contributed by atoms with van der Waals surface area (Å²) in [5.41, 5.74) is 1.27. The maximum atomic E-state index is 5.78. The van der Waals surface area contributed by atoms with Crippen LogP contribution in [0.25, 0.3) is 0 Å². The molecule has 1 heteroatoms. The average molecular weight is 186 g/mol. The molecule has 1 nitrogen and oxygen atoms in total. The van der Waals surface area contributed by atoms with Gasteiger partial charge in [0.2, 0.25) is 0 Å². The Morgan fingerprint density at radius 2 is 2.00 bits per heavy atom. The van der Waals surface area contributed by atoms with E-state index < -0.39 is 0 Å². The van der Waals surface area contributed by atoms with Crippen LogP contribution in [0.4, 0.5) is 0 Å². The fourth-order valence-corrected chi connectivity index (χ4v) is 1.55. The van der Waals surface area contributed by atoms with E-state index in [1.807, 2.05) is 30.3 Å². The molecule has 14 heavy (non-hydrogen) atoms. The van der Waals surface area contributed by atoms with E-state index in [1.54, 1.807) is 0 Å². The van der Waals surface area contributed by atoms with Crippen molar-refractivity contribution in [2.45, 2.75) is 19.4 Å². The molecule has 0 N–H and O–H groups in total. The average Bonchev–Trinajstić information content (AvgIpc) is 2.72. The SMILES string of the molecule is CC(Oc1ccccc1)C1=CCC=C1. The number of allylic oxidation sites excluding steroid dienone is 2. The fourth-order valence-electron chi connectivity index (χ4n) is 1.55. The highest BCUT2D eigenvalue weighted by Crippen LogP contribution is 2.19. The van der Waals surface area contributed by atoms with Gasteiger partial charge in [-0.1, -0.05) is 36.4 Å². The van der Waals surface area contributed by atoms with E-state index in [-0.39, 0.29) is 6.10 Å². The van der Waals surface area contributed by atoms with Gasteiger partial charge in [-0.25, -0.2) is 0 Å². The van der Waals surface area contributed by atoms with Crippen LogP contribution in [0.5, 0.6) is 5.75 Å². The minimum atomic E-state index is 0.149. The second-order valence-corrected chi connectivity index (χ2v) is 3.42. The first-order valence-electron chi connectivity index (χ1n) is 4.94. The van der Waals surface area contributed by atoms with Crippen molar-refractivity contribution in [3.8, 4) is 5.75 Å². The molecule has 1 aromatic rings. The summed E-state index contributed by atoms with van der Waals surface area (Å²) in [6, 6.07) is 9.93. The molecule has 0 amide bonds. The first-order chi connectivity index (χ1) is 6.86. The molecule has 1 aromatic carbocycles. The molecule has 72 valence electrons. The normalized spacial score (nSPS) is 16.5. The van der Waals surface area contributed by atoms with E-state index in [0.29, 0.717) is 0 Å². The predicted molar refractivity (Wildman–Crippen MR) is 58.4 cm³/mol. The summed E-state index contributed by atoms with van der Waals surface area (Å²) in [5.74, 6) is 0.932. The van der Waals surface area contributed by atoms with E-state index in [0.717, 1.165) is 12.2 Å². The third-order valence-corrected chi connectivity index (χ3v) is 2.33. The van der Waals surface area contributed by atoms with Gasteiger partial charge < -0.3 is 4.74 Å². The lowest BCUT2D eigenvalue weighted by Crippen LogP contribution is -2.12. The second-order valence-electron chi connectivity index (χ2n) is 3.42. The van der Waals surface area contributed by atoms with Gasteiger partial charge in [-0.3, -0.25) is 0 Å². The molecule has 2 rings (SSSR count). The van der Waals surface area contributed by atoms with Gasteiger partial charge in [0.15, 0.2) is 0 Å². The van der Waals surface area contributed by atoms with Crippen molar-refractivity contribution >= 4 is 0 Å². The standard InChI is InChI=1S/C13H14O/c1-11(12-7-5-6-8-12)14-13-9-3-2-4-10-13/h2-5,7-11H,6H2,1H3. The number of hydrogen-bond acceptors (Lipinski definition) is 1. The maximum absolute atomic E-state index is 5.78. The van der Waals surface area contributed by atoms with E-state index in [2.05, 4.69) is 25.2 Å². The molecule has 0 heterocycles. The summed E-state index contributed by atoms with van der Waals surface area (Å²) >= 11 is 0. The molecule has 0 radical (unpaired) electrons. The fraction of sp³-hybridized carbons (Fsp3) is 0.231. The Morgan fingerprint density at radius 3 is 2.64 bits per heavy atom. The molecule has 0 aromatic heterocycles. The molecule has 1 aliphatic rings. The number of hydrogen-bond donors (Lipinski definition) is 0. The summed E-state index contributed by atoms with van der Waals surface area (Å²) in [6.45, 7) is 2.08. The Hall–Kier alpha value is -1.50. The first kappa shape index (κ1) is 9.07. The van der Waals surface area contributed by atoms with Gasteiger partial charge >= 0.3 is 0 Å². The zero-order valence-corrected chi connectivity index (χ0v) is 8.31. The molecule has 1 atom stereocenters. The second kappa shape index (κ2) is 4.14. The van der Waals surface area contributed by atoms with Gasteiger partial charge in [-0.2, -0.15) is 0 Å². The summed E-state index contributed by atoms with van der Waals surface area (Å²) in [6.07, 6.45) is 7.68. The van der Waals surface area contributed by atoms with Crippen LogP contribution < -0.4 is 4.74 Å². The van der Waals surface area contributed by atoms with Crippen LogP contribution in [-0.2, 0) is 0 Å². The van der Waals surface area contributed by atoms with Crippen molar-refractivity contribution in [1.29, 1.82) is 0 Å². The molecule has 0 fully saturated rings. The lowest BCUT2D eigenvalue weighted by Gasteiger charge is -2.14. The van der Waals surface area contributed by atoms with E-state index >= 15 is 0 Å². The summed E-state index contributed by atoms with van der Waals surface area (Å²) < 4.78 is 5.78. The van der Waals surface area contributed by atoms with Crippen molar-refractivity contribution in [2.75, 3.05) is 0 Å². The number of benzene rings is 1. The highest BCUT2D eigenvalue weighted by molar-refractivity contribution is 5.31. The van der Waals surface area contributed by atoms with Gasteiger partial charge in [0.1, 0.15) is 11.9 Å². The maximum Gasteiger partial charge on any atom is 0.121 e. The smallest absolute Gasteiger partial charge is 0.121 e. The Labute approximate surface area is 84.7 Å². The van der Waals surface area contributed by atoms with Crippen molar-refractivity contribution < 1.29 is 4.74 Å². The Bertz CT molecular complexity index is 349. The van der Waals surface area contributed by atoms with Crippen LogP contribution in [0.3, 0.4) is 0 Å². The molecule has 1 unspecified atom stereocenters. The Morgan fingerprint density at radius 1 is 1.21 bits per heavy atom. The minimum absolute atomic E-state index is 0.149. The third-order valence-electron chi connectivity index (χ3n) is 2.33.